The lowest BCUT2D eigenvalue weighted by Gasteiger charge is -2.44. The van der Waals surface area contributed by atoms with Crippen molar-refractivity contribution in [1.29, 1.82) is 0 Å². The van der Waals surface area contributed by atoms with Gasteiger partial charge in [-0.25, -0.2) is 4.79 Å². The molecule has 0 spiro atoms. The molecule has 4 aliphatic rings. The van der Waals surface area contributed by atoms with Crippen LogP contribution in [-0.4, -0.2) is 118 Å². The summed E-state index contributed by atoms with van der Waals surface area (Å²) in [6.07, 6.45) is -7.51. The van der Waals surface area contributed by atoms with Gasteiger partial charge in [-0.05, 0) is 42.2 Å². The van der Waals surface area contributed by atoms with Crippen LogP contribution in [0, 0.1) is 11.3 Å². The van der Waals surface area contributed by atoms with Crippen molar-refractivity contribution >= 4 is 5.97 Å². The normalized spacial score (nSPS) is 45.2. The summed E-state index contributed by atoms with van der Waals surface area (Å²) in [5.41, 5.74) is -0.130. The molecule has 0 unspecified atom stereocenters. The third-order valence-electron chi connectivity index (χ3n) is 8.34. The van der Waals surface area contributed by atoms with Crippen LogP contribution in [-0.2, 0) is 28.5 Å². The van der Waals surface area contributed by atoms with Gasteiger partial charge in [0.15, 0.2) is 12.6 Å². The molecule has 0 aromatic carbocycles. The van der Waals surface area contributed by atoms with E-state index in [1.54, 1.807) is 6.92 Å². The lowest BCUT2D eigenvalue weighted by Crippen LogP contribution is -2.59. The number of aliphatic hydroxyl groups excluding tert-OH is 5. The van der Waals surface area contributed by atoms with Crippen molar-refractivity contribution in [3.8, 4) is 0 Å². The van der Waals surface area contributed by atoms with E-state index in [0.29, 0.717) is 24.0 Å². The van der Waals surface area contributed by atoms with E-state index in [0.717, 1.165) is 5.57 Å². The van der Waals surface area contributed by atoms with Crippen molar-refractivity contribution < 1.29 is 59.1 Å². The third-order valence-corrected chi connectivity index (χ3v) is 8.34. The number of esters is 1. The number of allylic oxidation sites excluding steroid dienone is 1. The molecule has 12 heteroatoms. The van der Waals surface area contributed by atoms with Gasteiger partial charge in [0.05, 0.1) is 26.4 Å². The van der Waals surface area contributed by atoms with Crippen LogP contribution in [0.15, 0.2) is 36.0 Å². The van der Waals surface area contributed by atoms with E-state index in [1.165, 1.54) is 0 Å². The minimum Gasteiger partial charge on any atom is -0.454 e. The maximum absolute atomic E-state index is 12.1. The largest absolute Gasteiger partial charge is 0.454 e. The van der Waals surface area contributed by atoms with E-state index >= 15 is 0 Å². The van der Waals surface area contributed by atoms with Gasteiger partial charge in [0, 0.05) is 5.57 Å². The van der Waals surface area contributed by atoms with E-state index in [4.69, 9.17) is 23.7 Å². The molecule has 1 aliphatic carbocycles. The highest BCUT2D eigenvalue weighted by atomic mass is 16.7. The second kappa shape index (κ2) is 11.0. The Balaban J connectivity index is 1.38. The molecule has 1 saturated carbocycles. The van der Waals surface area contributed by atoms with Gasteiger partial charge < -0.3 is 54.3 Å². The Morgan fingerprint density at radius 3 is 2.50 bits per heavy atom. The quantitative estimate of drug-likeness (QED) is 0.149. The molecular weight excluding hydrogens is 504 g/mol. The van der Waals surface area contributed by atoms with Gasteiger partial charge in [0.2, 0.25) is 0 Å². The zero-order valence-electron chi connectivity index (χ0n) is 21.6. The first kappa shape index (κ1) is 29.3. The molecule has 0 aromatic heterocycles. The summed E-state index contributed by atoms with van der Waals surface area (Å²) >= 11 is 0. The molecule has 0 amide bonds. The van der Waals surface area contributed by atoms with Crippen LogP contribution in [0.5, 0.6) is 0 Å². The lowest BCUT2D eigenvalue weighted by atomic mass is 9.62. The lowest BCUT2D eigenvalue weighted by molar-refractivity contribution is -0.308. The maximum atomic E-state index is 12.1. The smallest absolute Gasteiger partial charge is 0.334 e. The molecule has 6 N–H and O–H groups in total. The van der Waals surface area contributed by atoms with Gasteiger partial charge in [-0.2, -0.15) is 0 Å². The van der Waals surface area contributed by atoms with E-state index in [9.17, 15) is 35.4 Å². The summed E-state index contributed by atoms with van der Waals surface area (Å²) in [4.78, 5) is 12.1. The van der Waals surface area contributed by atoms with Crippen LogP contribution >= 0.6 is 0 Å². The molecule has 12 nitrogen and oxygen atoms in total. The van der Waals surface area contributed by atoms with Crippen molar-refractivity contribution in [2.24, 2.45) is 11.3 Å². The van der Waals surface area contributed by atoms with E-state index < -0.39 is 60.7 Å². The van der Waals surface area contributed by atoms with E-state index in [1.807, 2.05) is 13.0 Å². The Labute approximate surface area is 220 Å². The average molecular weight is 543 g/mol. The fraction of sp³-hybridized carbons (Fsp3) is 0.731. The van der Waals surface area contributed by atoms with Gasteiger partial charge >= 0.3 is 5.97 Å². The number of carbonyl (C=O) groups is 1. The summed E-state index contributed by atoms with van der Waals surface area (Å²) in [5, 5.41) is 60.8. The van der Waals surface area contributed by atoms with Crippen molar-refractivity contribution in [3.63, 3.8) is 0 Å². The molecule has 11 atom stereocenters. The molecule has 38 heavy (non-hydrogen) atoms. The Morgan fingerprint density at radius 1 is 1.16 bits per heavy atom. The van der Waals surface area contributed by atoms with Gasteiger partial charge in [-0.3, -0.25) is 0 Å². The minimum atomic E-state index is -1.88. The number of hydrogen-bond acceptors (Lipinski definition) is 12. The Morgan fingerprint density at radius 2 is 1.87 bits per heavy atom. The fourth-order valence-corrected chi connectivity index (χ4v) is 5.55. The molecule has 0 aromatic rings. The van der Waals surface area contributed by atoms with E-state index in [-0.39, 0.29) is 37.8 Å². The first-order valence-corrected chi connectivity index (χ1v) is 12.6. The second-order valence-electron chi connectivity index (χ2n) is 10.9. The van der Waals surface area contributed by atoms with Gasteiger partial charge in [0.25, 0.3) is 0 Å². The number of carbonyl (C=O) groups excluding carboxylic acids is 1. The SMILES string of the molecule is C=C[C@]1(C)C[C@@H]2OC(=O)C(C)=C2C[C@H]1C(=C)CO[C@@H]1O[C@H](CO[C@@H]2OC[C@@](O)(CO)[C@H]2O)[C@@H](O)[C@H](O)[C@H]1O. The number of fused-ring (bicyclic) bond motifs is 1. The number of ether oxygens (including phenoxy) is 5. The highest BCUT2D eigenvalue weighted by molar-refractivity contribution is 5.91. The van der Waals surface area contributed by atoms with Crippen LogP contribution < -0.4 is 0 Å². The molecule has 3 aliphatic heterocycles. The Bertz CT molecular complexity index is 966. The van der Waals surface area contributed by atoms with Crippen LogP contribution in [0.2, 0.25) is 0 Å². The summed E-state index contributed by atoms with van der Waals surface area (Å²) in [5.74, 6) is -0.465. The molecule has 3 fully saturated rings. The summed E-state index contributed by atoms with van der Waals surface area (Å²) in [7, 11) is 0. The maximum Gasteiger partial charge on any atom is 0.334 e. The number of hydrogen-bond donors (Lipinski definition) is 6. The standard InChI is InChI=1S/C26H38O12/c1-5-25(4)7-16-14(13(3)22(32)37-16)6-15(25)12(2)8-34-23-20(30)19(29)18(28)17(38-23)9-35-24-21(31)26(33,10-27)11-36-24/h5,15-21,23-24,27-31,33H,1-2,6-11H2,3-4H3/t15-,16-,17+,18+,19-,20+,21-,23+,24+,25+,26-/m0/s1. The predicted molar refractivity (Wildman–Crippen MR) is 129 cm³/mol. The average Bonchev–Trinajstić information content (AvgIpc) is 3.34. The second-order valence-corrected chi connectivity index (χ2v) is 10.9. The highest BCUT2D eigenvalue weighted by Crippen LogP contribution is 2.50. The molecule has 3 heterocycles. The molecule has 0 bridgehead atoms. The van der Waals surface area contributed by atoms with Crippen molar-refractivity contribution in [2.45, 2.75) is 81.5 Å². The van der Waals surface area contributed by atoms with Gasteiger partial charge in [-0.1, -0.05) is 19.6 Å². The minimum absolute atomic E-state index is 0.0496. The van der Waals surface area contributed by atoms with Crippen LogP contribution in [0.3, 0.4) is 0 Å². The molecule has 4 rings (SSSR count). The molecule has 0 radical (unpaired) electrons. The van der Waals surface area contributed by atoms with Crippen molar-refractivity contribution in [1.82, 2.24) is 0 Å². The molecule has 2 saturated heterocycles. The zero-order chi connectivity index (χ0) is 28.0. The van der Waals surface area contributed by atoms with Gasteiger partial charge in [0.1, 0.15) is 42.2 Å². The number of aliphatic hydroxyl groups is 6. The highest BCUT2D eigenvalue weighted by Gasteiger charge is 2.51. The molecule has 214 valence electrons. The Hall–Kier alpha value is -1.71. The van der Waals surface area contributed by atoms with Crippen LogP contribution in [0.4, 0.5) is 0 Å². The topological polar surface area (TPSA) is 185 Å². The van der Waals surface area contributed by atoms with E-state index in [2.05, 4.69) is 13.2 Å². The number of rotatable bonds is 9. The Kier molecular flexibility index (Phi) is 8.51. The first-order chi connectivity index (χ1) is 17.8. The summed E-state index contributed by atoms with van der Waals surface area (Å²) in [6, 6.07) is 0. The third kappa shape index (κ3) is 5.22. The summed E-state index contributed by atoms with van der Waals surface area (Å²) in [6.45, 7) is 10.4. The zero-order valence-corrected chi connectivity index (χ0v) is 21.6. The fourth-order valence-electron chi connectivity index (χ4n) is 5.55. The molecular formula is C26H38O12. The first-order valence-electron chi connectivity index (χ1n) is 12.6. The van der Waals surface area contributed by atoms with Gasteiger partial charge in [-0.15, -0.1) is 6.58 Å². The van der Waals surface area contributed by atoms with Crippen molar-refractivity contribution in [2.75, 3.05) is 26.4 Å². The van der Waals surface area contributed by atoms with Crippen molar-refractivity contribution in [3.05, 3.63) is 36.0 Å². The van der Waals surface area contributed by atoms with Crippen LogP contribution in [0.1, 0.15) is 26.7 Å². The van der Waals surface area contributed by atoms with Crippen LogP contribution in [0.25, 0.3) is 0 Å². The monoisotopic (exact) mass is 542 g/mol. The predicted octanol–water partition coefficient (Wildman–Crippen LogP) is -1.33. The summed E-state index contributed by atoms with van der Waals surface area (Å²) < 4.78 is 27.6.